The van der Waals surface area contributed by atoms with E-state index in [1.807, 2.05) is 24.3 Å². The number of amides is 1. The SMILES string of the molecule is O=C(CSc1nc2ccccc2[nH]1)Nc1ccc(SC(F)F)cc1. The molecule has 24 heavy (non-hydrogen) atoms. The molecule has 0 aliphatic rings. The molecule has 0 spiro atoms. The van der Waals surface area contributed by atoms with E-state index in [1.165, 1.54) is 11.8 Å². The van der Waals surface area contributed by atoms with Gasteiger partial charge < -0.3 is 10.3 Å². The van der Waals surface area contributed by atoms with Crippen molar-refractivity contribution >= 4 is 46.2 Å². The largest absolute Gasteiger partial charge is 0.333 e. The number of rotatable bonds is 6. The number of fused-ring (bicyclic) bond motifs is 1. The van der Waals surface area contributed by atoms with Gasteiger partial charge in [0.1, 0.15) is 0 Å². The molecule has 1 amide bonds. The molecular weight excluding hydrogens is 352 g/mol. The zero-order chi connectivity index (χ0) is 16.9. The van der Waals surface area contributed by atoms with Crippen LogP contribution in [0.4, 0.5) is 14.5 Å². The average Bonchev–Trinajstić information content (AvgIpc) is 2.97. The van der Waals surface area contributed by atoms with Crippen molar-refractivity contribution in [3.63, 3.8) is 0 Å². The first-order valence-electron chi connectivity index (χ1n) is 7.02. The summed E-state index contributed by atoms with van der Waals surface area (Å²) in [5.41, 5.74) is 2.35. The summed E-state index contributed by atoms with van der Waals surface area (Å²) in [4.78, 5) is 19.9. The van der Waals surface area contributed by atoms with Crippen molar-refractivity contribution in [3.8, 4) is 0 Å². The maximum Gasteiger partial charge on any atom is 0.288 e. The van der Waals surface area contributed by atoms with Gasteiger partial charge in [0.2, 0.25) is 5.91 Å². The van der Waals surface area contributed by atoms with Gasteiger partial charge in [0, 0.05) is 10.6 Å². The monoisotopic (exact) mass is 365 g/mol. The van der Waals surface area contributed by atoms with Gasteiger partial charge in [0.15, 0.2) is 5.16 Å². The summed E-state index contributed by atoms with van der Waals surface area (Å²) < 4.78 is 24.5. The van der Waals surface area contributed by atoms with Crippen LogP contribution < -0.4 is 5.32 Å². The number of aromatic amines is 1. The highest BCUT2D eigenvalue weighted by molar-refractivity contribution is 8.00. The molecule has 2 N–H and O–H groups in total. The van der Waals surface area contributed by atoms with Crippen molar-refractivity contribution in [1.82, 2.24) is 9.97 Å². The number of imidazole rings is 1. The first-order chi connectivity index (χ1) is 11.6. The van der Waals surface area contributed by atoms with Gasteiger partial charge in [-0.25, -0.2) is 4.98 Å². The van der Waals surface area contributed by atoms with Crippen molar-refractivity contribution < 1.29 is 13.6 Å². The first-order valence-corrected chi connectivity index (χ1v) is 8.89. The third-order valence-electron chi connectivity index (χ3n) is 3.07. The van der Waals surface area contributed by atoms with Crippen LogP contribution in [-0.4, -0.2) is 27.4 Å². The van der Waals surface area contributed by atoms with Gasteiger partial charge in [-0.05, 0) is 36.4 Å². The lowest BCUT2D eigenvalue weighted by molar-refractivity contribution is -0.113. The molecule has 0 radical (unpaired) electrons. The third-order valence-corrected chi connectivity index (χ3v) is 4.67. The predicted octanol–water partition coefficient (Wildman–Crippen LogP) is 4.61. The number of nitrogens with zero attached hydrogens (tertiary/aromatic N) is 1. The summed E-state index contributed by atoms with van der Waals surface area (Å²) >= 11 is 1.78. The van der Waals surface area contributed by atoms with Gasteiger partial charge in [-0.1, -0.05) is 35.7 Å². The van der Waals surface area contributed by atoms with Crippen molar-refractivity contribution in [1.29, 1.82) is 0 Å². The lowest BCUT2D eigenvalue weighted by Crippen LogP contribution is -2.14. The minimum Gasteiger partial charge on any atom is -0.333 e. The highest BCUT2D eigenvalue weighted by Crippen LogP contribution is 2.26. The molecule has 1 aromatic heterocycles. The second kappa shape index (κ2) is 7.67. The van der Waals surface area contributed by atoms with E-state index in [1.54, 1.807) is 24.3 Å². The molecule has 0 fully saturated rings. The van der Waals surface area contributed by atoms with Crippen LogP contribution >= 0.6 is 23.5 Å². The zero-order valence-corrected chi connectivity index (χ0v) is 14.0. The molecule has 4 nitrogen and oxygen atoms in total. The van der Waals surface area contributed by atoms with E-state index < -0.39 is 5.76 Å². The normalized spacial score (nSPS) is 11.1. The molecule has 0 aliphatic heterocycles. The third kappa shape index (κ3) is 4.48. The maximum absolute atomic E-state index is 12.3. The van der Waals surface area contributed by atoms with Gasteiger partial charge in [0.25, 0.3) is 5.76 Å². The quantitative estimate of drug-likeness (QED) is 0.627. The smallest absolute Gasteiger partial charge is 0.288 e. The Kier molecular flexibility index (Phi) is 5.37. The molecule has 0 saturated carbocycles. The van der Waals surface area contributed by atoms with Gasteiger partial charge in [-0.15, -0.1) is 0 Å². The number of aromatic nitrogens is 2. The predicted molar refractivity (Wildman–Crippen MR) is 93.8 cm³/mol. The van der Waals surface area contributed by atoms with E-state index in [9.17, 15) is 13.6 Å². The van der Waals surface area contributed by atoms with Crippen LogP contribution in [0.15, 0.2) is 58.6 Å². The van der Waals surface area contributed by atoms with Crippen LogP contribution in [-0.2, 0) is 4.79 Å². The summed E-state index contributed by atoms with van der Waals surface area (Å²) in [6, 6.07) is 14.0. The molecule has 2 aromatic carbocycles. The number of alkyl halides is 2. The Morgan fingerprint density at radius 2 is 1.92 bits per heavy atom. The van der Waals surface area contributed by atoms with E-state index in [2.05, 4.69) is 15.3 Å². The van der Waals surface area contributed by atoms with E-state index in [0.717, 1.165) is 11.0 Å². The molecule has 0 saturated heterocycles. The molecule has 124 valence electrons. The van der Waals surface area contributed by atoms with Gasteiger partial charge >= 0.3 is 0 Å². The lowest BCUT2D eigenvalue weighted by Gasteiger charge is -2.05. The molecule has 0 unspecified atom stereocenters. The maximum atomic E-state index is 12.3. The summed E-state index contributed by atoms with van der Waals surface area (Å²) in [6.07, 6.45) is 0. The number of benzene rings is 2. The highest BCUT2D eigenvalue weighted by atomic mass is 32.2. The number of halogens is 2. The van der Waals surface area contributed by atoms with E-state index >= 15 is 0 Å². The number of para-hydroxylation sites is 2. The summed E-state index contributed by atoms with van der Waals surface area (Å²) in [5.74, 6) is -2.44. The van der Waals surface area contributed by atoms with E-state index in [0.29, 0.717) is 27.5 Å². The van der Waals surface area contributed by atoms with Crippen molar-refractivity contribution in [2.75, 3.05) is 11.1 Å². The number of hydrogen-bond acceptors (Lipinski definition) is 4. The molecule has 3 rings (SSSR count). The fraction of sp³-hybridized carbons (Fsp3) is 0.125. The summed E-state index contributed by atoms with van der Waals surface area (Å²) in [6.45, 7) is 0. The van der Waals surface area contributed by atoms with Gasteiger partial charge in [-0.3, -0.25) is 4.79 Å². The number of carbonyl (C=O) groups excluding carboxylic acids is 1. The minimum atomic E-state index is -2.45. The summed E-state index contributed by atoms with van der Waals surface area (Å²) in [5, 5.41) is 3.40. The van der Waals surface area contributed by atoms with E-state index in [4.69, 9.17) is 0 Å². The molecule has 0 aliphatic carbocycles. The van der Waals surface area contributed by atoms with Crippen molar-refractivity contribution in [2.45, 2.75) is 15.8 Å². The Hall–Kier alpha value is -2.06. The number of nitrogens with one attached hydrogen (secondary N) is 2. The second-order valence-corrected chi connectivity index (χ2v) is 6.83. The van der Waals surface area contributed by atoms with Crippen molar-refractivity contribution in [3.05, 3.63) is 48.5 Å². The molecule has 0 bridgehead atoms. The first kappa shape index (κ1) is 16.8. The standard InChI is InChI=1S/C16H13F2N3OS2/c17-15(18)24-11-7-5-10(6-8-11)19-14(22)9-23-16-20-12-3-1-2-4-13(12)21-16/h1-8,15H,9H2,(H,19,22)(H,20,21). The Labute approximate surface area is 145 Å². The van der Waals surface area contributed by atoms with Crippen LogP contribution in [0.5, 0.6) is 0 Å². The van der Waals surface area contributed by atoms with Crippen LogP contribution in [0.3, 0.4) is 0 Å². The molecule has 1 heterocycles. The van der Waals surface area contributed by atoms with Crippen LogP contribution in [0, 0.1) is 0 Å². The Bertz CT molecular complexity index is 804. The van der Waals surface area contributed by atoms with Crippen LogP contribution in [0.25, 0.3) is 11.0 Å². The number of anilines is 1. The van der Waals surface area contributed by atoms with Crippen molar-refractivity contribution in [2.24, 2.45) is 0 Å². The molecule has 8 heteroatoms. The number of H-pyrrole nitrogens is 1. The Morgan fingerprint density at radius 3 is 2.62 bits per heavy atom. The highest BCUT2D eigenvalue weighted by Gasteiger charge is 2.08. The van der Waals surface area contributed by atoms with Gasteiger partial charge in [0.05, 0.1) is 16.8 Å². The number of thioether (sulfide) groups is 2. The van der Waals surface area contributed by atoms with E-state index in [-0.39, 0.29) is 11.7 Å². The van der Waals surface area contributed by atoms with Gasteiger partial charge in [-0.2, -0.15) is 8.78 Å². The molecule has 0 atom stereocenters. The second-order valence-electron chi connectivity index (χ2n) is 4.80. The topological polar surface area (TPSA) is 57.8 Å². The molecule has 3 aromatic rings. The van der Waals surface area contributed by atoms with Crippen LogP contribution in [0.1, 0.15) is 0 Å². The lowest BCUT2D eigenvalue weighted by atomic mass is 10.3. The number of carbonyl (C=O) groups is 1. The zero-order valence-electron chi connectivity index (χ0n) is 12.3. The van der Waals surface area contributed by atoms with Crippen LogP contribution in [0.2, 0.25) is 0 Å². The minimum absolute atomic E-state index is 0.185. The Balaban J connectivity index is 1.53. The molecular formula is C16H13F2N3OS2. The fourth-order valence-electron chi connectivity index (χ4n) is 2.05. The fourth-order valence-corrected chi connectivity index (χ4v) is 3.23. The Morgan fingerprint density at radius 1 is 1.17 bits per heavy atom. The number of hydrogen-bond donors (Lipinski definition) is 2. The average molecular weight is 365 g/mol. The summed E-state index contributed by atoms with van der Waals surface area (Å²) in [7, 11) is 0.